The van der Waals surface area contributed by atoms with Crippen LogP contribution in [0.15, 0.2) is 0 Å². The van der Waals surface area contributed by atoms with E-state index in [1.54, 1.807) is 0 Å². The highest BCUT2D eigenvalue weighted by molar-refractivity contribution is 5.71. The Hall–Kier alpha value is -0.810. The van der Waals surface area contributed by atoms with Gasteiger partial charge in [-0.25, -0.2) is 4.79 Å². The van der Waals surface area contributed by atoms with Crippen molar-refractivity contribution >= 4 is 6.03 Å². The molecule has 0 fully saturated rings. The zero-order valence-corrected chi connectivity index (χ0v) is 5.16. The fourth-order valence-electron chi connectivity index (χ4n) is 0.303. The van der Waals surface area contributed by atoms with E-state index in [2.05, 4.69) is 5.32 Å². The minimum Gasteiger partial charge on any atom is -0.334 e. The normalized spacial score (nSPS) is 8.78. The van der Waals surface area contributed by atoms with Crippen LogP contribution in [0.25, 0.3) is 0 Å². The average Bonchev–Trinajstić information content (AvgIpc) is 1.82. The number of hydroxylamine groups is 2. The topological polar surface area (TPSA) is 72.8 Å². The molecule has 2 amide bonds. The number of nitrogens with zero attached hydrogens (tertiary/aromatic N) is 1. The number of carbonyl (C=O) groups is 1. The quantitative estimate of drug-likeness (QED) is 0.372. The third kappa shape index (κ3) is 3.75. The van der Waals surface area contributed by atoms with Crippen LogP contribution in [0.1, 0.15) is 13.3 Å². The van der Waals surface area contributed by atoms with E-state index in [0.717, 1.165) is 6.42 Å². The summed E-state index contributed by atoms with van der Waals surface area (Å²) in [5, 5.41) is 17.8. The molecule has 0 unspecified atom stereocenters. The summed E-state index contributed by atoms with van der Waals surface area (Å²) in [6.07, 6.45) is 0.763. The van der Waals surface area contributed by atoms with E-state index in [-0.39, 0.29) is 0 Å². The number of hydrogen-bond donors (Lipinski definition) is 3. The summed E-state index contributed by atoms with van der Waals surface area (Å²) in [6.45, 7) is 2.30. The van der Waals surface area contributed by atoms with Gasteiger partial charge in [-0.15, -0.1) is 0 Å². The lowest BCUT2D eigenvalue weighted by Crippen LogP contribution is -2.35. The molecule has 0 aliphatic rings. The van der Waals surface area contributed by atoms with Crippen LogP contribution in [-0.2, 0) is 0 Å². The van der Waals surface area contributed by atoms with Gasteiger partial charge in [-0.1, -0.05) is 12.2 Å². The molecule has 0 saturated carbocycles. The lowest BCUT2D eigenvalue weighted by Gasteiger charge is -2.05. The summed E-state index contributed by atoms with van der Waals surface area (Å²) in [6, 6.07) is -0.906. The molecule has 0 aliphatic carbocycles. The Balaban J connectivity index is 3.28. The molecule has 0 aromatic heterocycles. The van der Waals surface area contributed by atoms with Gasteiger partial charge in [0.25, 0.3) is 0 Å². The van der Waals surface area contributed by atoms with Crippen LogP contribution in [0.3, 0.4) is 0 Å². The molecule has 5 nitrogen and oxygen atoms in total. The second-order valence-electron chi connectivity index (χ2n) is 1.52. The summed E-state index contributed by atoms with van der Waals surface area (Å²) in [5.74, 6) is 0. The van der Waals surface area contributed by atoms with Crippen LogP contribution < -0.4 is 5.32 Å². The van der Waals surface area contributed by atoms with Crippen molar-refractivity contribution in [1.29, 1.82) is 0 Å². The minimum absolute atomic E-state index is 0.441. The van der Waals surface area contributed by atoms with Crippen molar-refractivity contribution in [2.75, 3.05) is 6.54 Å². The van der Waals surface area contributed by atoms with Gasteiger partial charge >= 0.3 is 6.03 Å². The van der Waals surface area contributed by atoms with Crippen molar-refractivity contribution < 1.29 is 15.2 Å². The van der Waals surface area contributed by atoms with Gasteiger partial charge in [0.05, 0.1) is 0 Å². The minimum atomic E-state index is -0.906. The van der Waals surface area contributed by atoms with Crippen molar-refractivity contribution in [3.05, 3.63) is 0 Å². The Morgan fingerprint density at radius 2 is 2.22 bits per heavy atom. The number of hydrogen-bond acceptors (Lipinski definition) is 3. The second kappa shape index (κ2) is 4.11. The Kier molecular flexibility index (Phi) is 3.74. The Morgan fingerprint density at radius 3 is 2.56 bits per heavy atom. The number of urea groups is 1. The second-order valence-corrected chi connectivity index (χ2v) is 1.52. The third-order valence-corrected chi connectivity index (χ3v) is 0.708. The van der Waals surface area contributed by atoms with Crippen LogP contribution in [0.4, 0.5) is 4.79 Å². The smallest absolute Gasteiger partial charge is 0.334 e. The van der Waals surface area contributed by atoms with Crippen molar-refractivity contribution in [2.45, 2.75) is 13.3 Å². The highest BCUT2D eigenvalue weighted by atomic mass is 16.8. The molecular formula is C4H10N2O3. The summed E-state index contributed by atoms with van der Waals surface area (Å²) in [5.41, 5.74) is 0. The molecule has 0 aliphatic heterocycles. The van der Waals surface area contributed by atoms with Crippen molar-refractivity contribution in [2.24, 2.45) is 0 Å². The molecule has 5 heteroatoms. The fraction of sp³-hybridized carbons (Fsp3) is 0.750. The lowest BCUT2D eigenvalue weighted by molar-refractivity contribution is -0.258. The monoisotopic (exact) mass is 134 g/mol. The van der Waals surface area contributed by atoms with Gasteiger partial charge in [-0.2, -0.15) is 0 Å². The van der Waals surface area contributed by atoms with Gasteiger partial charge in [-0.3, -0.25) is 10.4 Å². The first-order valence-electron chi connectivity index (χ1n) is 2.64. The SMILES string of the molecule is CCCNC(=O)N(O)O. The molecule has 0 atom stereocenters. The summed E-state index contributed by atoms with van der Waals surface area (Å²) in [4.78, 5) is 10.2. The van der Waals surface area contributed by atoms with Gasteiger partial charge in [0, 0.05) is 6.54 Å². The molecule has 0 rings (SSSR count). The van der Waals surface area contributed by atoms with Gasteiger partial charge in [0.1, 0.15) is 0 Å². The maximum absolute atomic E-state index is 10.2. The zero-order valence-electron chi connectivity index (χ0n) is 5.16. The molecular weight excluding hydrogens is 124 g/mol. The molecule has 0 aromatic rings. The van der Waals surface area contributed by atoms with E-state index in [0.29, 0.717) is 6.54 Å². The molecule has 0 bridgehead atoms. The van der Waals surface area contributed by atoms with Crippen LogP contribution in [0.2, 0.25) is 0 Å². The molecule has 9 heavy (non-hydrogen) atoms. The standard InChI is InChI=1S/C4H10N2O3/c1-2-3-5-4(7)6(8)9/h8-9H,2-3H2,1H3,(H,5,7). The molecule has 0 aromatic carbocycles. The highest BCUT2D eigenvalue weighted by Crippen LogP contribution is 1.76. The Bertz CT molecular complexity index is 93.8. The fourth-order valence-corrected chi connectivity index (χ4v) is 0.303. The predicted molar refractivity (Wildman–Crippen MR) is 29.1 cm³/mol. The highest BCUT2D eigenvalue weighted by Gasteiger charge is 2.03. The van der Waals surface area contributed by atoms with Crippen LogP contribution >= 0.6 is 0 Å². The Labute approximate surface area is 52.8 Å². The van der Waals surface area contributed by atoms with Gasteiger partial charge in [0.15, 0.2) is 0 Å². The molecule has 0 radical (unpaired) electrons. The van der Waals surface area contributed by atoms with E-state index in [4.69, 9.17) is 10.4 Å². The third-order valence-electron chi connectivity index (χ3n) is 0.708. The lowest BCUT2D eigenvalue weighted by atomic mass is 10.5. The summed E-state index contributed by atoms with van der Waals surface area (Å²) < 4.78 is 0. The maximum Gasteiger partial charge on any atom is 0.366 e. The molecule has 0 heterocycles. The van der Waals surface area contributed by atoms with Gasteiger partial charge < -0.3 is 5.32 Å². The van der Waals surface area contributed by atoms with E-state index in [1.807, 2.05) is 6.92 Å². The van der Waals surface area contributed by atoms with E-state index < -0.39 is 11.3 Å². The number of carbonyl (C=O) groups excluding carboxylic acids is 1. The largest absolute Gasteiger partial charge is 0.366 e. The zero-order chi connectivity index (χ0) is 7.28. The molecule has 0 spiro atoms. The molecule has 0 saturated heterocycles. The van der Waals surface area contributed by atoms with Crippen molar-refractivity contribution in [3.63, 3.8) is 0 Å². The predicted octanol–water partition coefficient (Wildman–Crippen LogP) is 0.186. The number of rotatable bonds is 2. The van der Waals surface area contributed by atoms with Crippen LogP contribution in [-0.4, -0.2) is 28.2 Å². The van der Waals surface area contributed by atoms with E-state index in [1.165, 1.54) is 0 Å². The van der Waals surface area contributed by atoms with Crippen LogP contribution in [0.5, 0.6) is 0 Å². The first kappa shape index (κ1) is 8.19. The number of nitrogens with one attached hydrogen (secondary N) is 1. The first-order valence-corrected chi connectivity index (χ1v) is 2.64. The average molecular weight is 134 g/mol. The summed E-state index contributed by atoms with van der Waals surface area (Å²) >= 11 is 0. The van der Waals surface area contributed by atoms with Crippen molar-refractivity contribution in [1.82, 2.24) is 10.5 Å². The first-order chi connectivity index (χ1) is 4.18. The summed E-state index contributed by atoms with van der Waals surface area (Å²) in [7, 11) is 0. The Morgan fingerprint density at radius 1 is 1.67 bits per heavy atom. The maximum atomic E-state index is 10.2. The number of amides is 2. The molecule has 3 N–H and O–H groups in total. The van der Waals surface area contributed by atoms with Gasteiger partial charge in [-0.05, 0) is 6.42 Å². The van der Waals surface area contributed by atoms with Crippen LogP contribution in [0, 0.1) is 0 Å². The van der Waals surface area contributed by atoms with Crippen molar-refractivity contribution in [3.8, 4) is 0 Å². The van der Waals surface area contributed by atoms with E-state index in [9.17, 15) is 4.79 Å². The van der Waals surface area contributed by atoms with E-state index >= 15 is 0 Å². The van der Waals surface area contributed by atoms with Gasteiger partial charge in [0.2, 0.25) is 0 Å². The molecule has 54 valence electrons.